The molecule has 3 aromatic carbocycles. The van der Waals surface area contributed by atoms with Gasteiger partial charge in [-0.1, -0.05) is 113 Å². The third kappa shape index (κ3) is 15.5. The third-order valence-corrected chi connectivity index (χ3v) is 11.6. The smallest absolute Gasteiger partial charge is 0.407 e. The fourth-order valence-electron chi connectivity index (χ4n) is 7.94. The number of nitrogens with one attached hydrogen (secondary N) is 7. The largest absolute Gasteiger partial charge is 0.458 e. The molecule has 1 aromatic heterocycles. The molecule has 18 heteroatoms. The van der Waals surface area contributed by atoms with Gasteiger partial charge >= 0.3 is 12.1 Å². The maximum absolute atomic E-state index is 14.0. The molecular weight excluding hydrogens is 885 g/mol. The first-order valence-electron chi connectivity index (χ1n) is 23.3. The summed E-state index contributed by atoms with van der Waals surface area (Å²) in [5, 5.41) is 26.1. The number of carbonyl (C=O) groups is 7. The van der Waals surface area contributed by atoms with Crippen molar-refractivity contribution in [1.29, 1.82) is 0 Å². The number of fused-ring (bicyclic) bond motifs is 3. The Morgan fingerprint density at radius 2 is 1.30 bits per heavy atom. The van der Waals surface area contributed by atoms with E-state index < -0.39 is 96.5 Å². The topological polar surface area (TPSA) is 259 Å². The molecule has 8 N–H and O–H groups in total. The second-order valence-electron chi connectivity index (χ2n) is 18.7. The molecule has 0 saturated carbocycles. The summed E-state index contributed by atoms with van der Waals surface area (Å²) in [6, 6.07) is 18.5. The highest BCUT2D eigenvalue weighted by Gasteiger charge is 2.35. The maximum Gasteiger partial charge on any atom is 0.407 e. The maximum atomic E-state index is 14.0. The van der Waals surface area contributed by atoms with Crippen LogP contribution in [0.5, 0.6) is 0 Å². The summed E-state index contributed by atoms with van der Waals surface area (Å²) in [5.74, 6) is -5.23. The highest BCUT2D eigenvalue weighted by Crippen LogP contribution is 2.44. The Morgan fingerprint density at radius 3 is 1.88 bits per heavy atom. The lowest BCUT2D eigenvalue weighted by Crippen LogP contribution is -2.60. The quantitative estimate of drug-likeness (QED) is 0.0499. The van der Waals surface area contributed by atoms with Crippen molar-refractivity contribution < 1.29 is 48.1 Å². The SMILES string of the molecule is CC[C@H](C)[C@H](NC(=O)[C@H](CC(C)C)NC(=O)[C@H](CO)NC(=O)[C@H](Cc1cnc[nH]1)NC(=O)OCC1c2ccccc2-c2ccccc21)C(=O)NCC(=O)N[C@@H](Cc1ccccc1)C(=O)OC(C)(C)C. The lowest BCUT2D eigenvalue weighted by molar-refractivity contribution is -0.158. The molecule has 0 spiro atoms. The number of aliphatic hydroxyl groups is 1. The standard InChI is InChI=1S/C51H66N8O10/c1-8-31(4)44(48(65)53-26-43(61)55-41(49(66)69-51(5,6)7)23-32-16-10-9-11-17-32)59-46(63)39(22-30(2)3)56-47(64)42(27-60)57-45(62)40(24-33-25-52-29-54-33)58-50(67)68-28-38-36-20-14-12-18-34(36)35-19-13-15-21-37(35)38/h9-21,25,29-31,38-42,44,60H,8,22-24,26-28H2,1-7H3,(H,52,54)(H,53,65)(H,55,61)(H,56,64)(H,57,62)(H,58,67)(H,59,63)/t31-,39-,40-,41-,42-,44-/m0/s1. The molecule has 6 amide bonds. The van der Waals surface area contributed by atoms with Crippen LogP contribution >= 0.6 is 0 Å². The van der Waals surface area contributed by atoms with Gasteiger partial charge in [0, 0.05) is 30.7 Å². The van der Waals surface area contributed by atoms with Gasteiger partial charge in [-0.3, -0.25) is 24.0 Å². The molecule has 0 fully saturated rings. The molecule has 370 valence electrons. The average molecular weight is 951 g/mol. The number of aromatic amines is 1. The van der Waals surface area contributed by atoms with Crippen LogP contribution in [0, 0.1) is 11.8 Å². The second kappa shape index (κ2) is 24.8. The Morgan fingerprint density at radius 1 is 0.710 bits per heavy atom. The van der Waals surface area contributed by atoms with E-state index in [9.17, 15) is 38.7 Å². The van der Waals surface area contributed by atoms with E-state index in [1.54, 1.807) is 27.7 Å². The minimum Gasteiger partial charge on any atom is -0.458 e. The van der Waals surface area contributed by atoms with Crippen molar-refractivity contribution in [2.24, 2.45) is 11.8 Å². The van der Waals surface area contributed by atoms with E-state index in [-0.39, 0.29) is 37.7 Å². The molecule has 0 unspecified atom stereocenters. The van der Waals surface area contributed by atoms with Gasteiger partial charge in [0.15, 0.2) is 0 Å². The number of aromatic nitrogens is 2. The normalized spacial score (nSPS) is 14.6. The van der Waals surface area contributed by atoms with E-state index >= 15 is 0 Å². The Hall–Kier alpha value is -7.08. The summed E-state index contributed by atoms with van der Waals surface area (Å²) in [4.78, 5) is 102. The van der Waals surface area contributed by atoms with Crippen molar-refractivity contribution >= 4 is 41.6 Å². The lowest BCUT2D eigenvalue weighted by Gasteiger charge is -2.28. The van der Waals surface area contributed by atoms with Crippen LogP contribution in [-0.2, 0) is 51.1 Å². The minimum absolute atomic E-state index is 0.0143. The Labute approximate surface area is 402 Å². The number of amides is 6. The van der Waals surface area contributed by atoms with Gasteiger partial charge in [-0.15, -0.1) is 0 Å². The Kier molecular flexibility index (Phi) is 19.0. The summed E-state index contributed by atoms with van der Waals surface area (Å²) in [6.07, 6.45) is 2.63. The van der Waals surface area contributed by atoms with Gasteiger partial charge in [-0.25, -0.2) is 14.6 Å². The molecule has 5 rings (SSSR count). The number of carbonyl (C=O) groups excluding carboxylic acids is 7. The predicted molar refractivity (Wildman–Crippen MR) is 257 cm³/mol. The minimum atomic E-state index is -1.56. The van der Waals surface area contributed by atoms with Gasteiger partial charge < -0.3 is 51.5 Å². The van der Waals surface area contributed by atoms with Gasteiger partial charge in [0.05, 0.1) is 19.5 Å². The molecule has 4 aromatic rings. The number of alkyl carbamates (subject to hydrolysis) is 1. The van der Waals surface area contributed by atoms with Crippen LogP contribution in [-0.4, -0.2) is 112 Å². The van der Waals surface area contributed by atoms with Gasteiger partial charge in [0.25, 0.3) is 0 Å². The molecular formula is C51H66N8O10. The van der Waals surface area contributed by atoms with E-state index in [2.05, 4.69) is 41.9 Å². The molecule has 0 saturated heterocycles. The summed E-state index contributed by atoms with van der Waals surface area (Å²) in [6.45, 7) is 11.0. The number of aliphatic hydroxyl groups excluding tert-OH is 1. The zero-order valence-corrected chi connectivity index (χ0v) is 40.3. The fraction of sp³-hybridized carbons (Fsp3) is 0.451. The molecule has 0 radical (unpaired) electrons. The van der Waals surface area contributed by atoms with Crippen LogP contribution in [0.1, 0.15) is 89.6 Å². The van der Waals surface area contributed by atoms with E-state index in [0.717, 1.165) is 27.8 Å². The summed E-state index contributed by atoms with van der Waals surface area (Å²) >= 11 is 0. The number of imidazole rings is 1. The van der Waals surface area contributed by atoms with Crippen LogP contribution in [0.4, 0.5) is 4.79 Å². The van der Waals surface area contributed by atoms with Gasteiger partial charge in [0.2, 0.25) is 29.5 Å². The highest BCUT2D eigenvalue weighted by molar-refractivity contribution is 5.96. The average Bonchev–Trinajstić information content (AvgIpc) is 3.95. The van der Waals surface area contributed by atoms with E-state index in [1.807, 2.05) is 99.6 Å². The summed E-state index contributed by atoms with van der Waals surface area (Å²) in [7, 11) is 0. The number of rotatable bonds is 23. The second-order valence-corrected chi connectivity index (χ2v) is 18.7. The van der Waals surface area contributed by atoms with Crippen molar-refractivity contribution in [2.75, 3.05) is 19.8 Å². The number of hydrogen-bond acceptors (Lipinski definition) is 11. The number of esters is 1. The highest BCUT2D eigenvalue weighted by atomic mass is 16.6. The van der Waals surface area contributed by atoms with Gasteiger partial charge in [-0.2, -0.15) is 0 Å². The monoisotopic (exact) mass is 950 g/mol. The first kappa shape index (κ1) is 52.9. The zero-order chi connectivity index (χ0) is 50.3. The molecule has 1 aliphatic rings. The Balaban J connectivity index is 1.21. The van der Waals surface area contributed by atoms with Crippen molar-refractivity contribution in [3.8, 4) is 11.1 Å². The first-order valence-corrected chi connectivity index (χ1v) is 23.3. The molecule has 18 nitrogen and oxygen atoms in total. The van der Waals surface area contributed by atoms with Crippen molar-refractivity contribution in [3.05, 3.63) is 114 Å². The number of ether oxygens (including phenoxy) is 2. The number of hydrogen-bond donors (Lipinski definition) is 8. The van der Waals surface area contributed by atoms with Crippen LogP contribution in [0.25, 0.3) is 11.1 Å². The zero-order valence-electron chi connectivity index (χ0n) is 40.3. The van der Waals surface area contributed by atoms with E-state index in [0.29, 0.717) is 12.1 Å². The summed E-state index contributed by atoms with van der Waals surface area (Å²) < 4.78 is 11.2. The molecule has 1 heterocycles. The Bertz CT molecular complexity index is 2340. The van der Waals surface area contributed by atoms with Crippen molar-refractivity contribution in [2.45, 2.75) is 116 Å². The fourth-order valence-corrected chi connectivity index (χ4v) is 7.94. The third-order valence-electron chi connectivity index (χ3n) is 11.6. The summed E-state index contributed by atoms with van der Waals surface area (Å²) in [5.41, 5.74) is 4.55. The number of nitrogens with zero attached hydrogens (tertiary/aromatic N) is 1. The lowest BCUT2D eigenvalue weighted by atomic mass is 9.96. The van der Waals surface area contributed by atoms with Gasteiger partial charge in [0.1, 0.15) is 42.4 Å². The molecule has 69 heavy (non-hydrogen) atoms. The van der Waals surface area contributed by atoms with Crippen molar-refractivity contribution in [1.82, 2.24) is 41.9 Å². The van der Waals surface area contributed by atoms with Crippen LogP contribution in [0.15, 0.2) is 91.4 Å². The van der Waals surface area contributed by atoms with E-state index in [4.69, 9.17) is 9.47 Å². The van der Waals surface area contributed by atoms with Crippen molar-refractivity contribution in [3.63, 3.8) is 0 Å². The molecule has 6 atom stereocenters. The van der Waals surface area contributed by atoms with E-state index in [1.165, 1.54) is 12.5 Å². The predicted octanol–water partition coefficient (Wildman–Crippen LogP) is 3.58. The number of benzene rings is 3. The molecule has 1 aliphatic carbocycles. The number of H-pyrrole nitrogens is 1. The van der Waals surface area contributed by atoms with Crippen LogP contribution < -0.4 is 31.9 Å². The molecule has 0 bridgehead atoms. The van der Waals surface area contributed by atoms with Crippen LogP contribution in [0.2, 0.25) is 0 Å². The van der Waals surface area contributed by atoms with Crippen LogP contribution in [0.3, 0.4) is 0 Å². The van der Waals surface area contributed by atoms with Gasteiger partial charge in [-0.05, 0) is 66.8 Å². The first-order chi connectivity index (χ1) is 32.9. The molecule has 0 aliphatic heterocycles.